The van der Waals surface area contributed by atoms with Crippen molar-refractivity contribution < 1.29 is 19.1 Å². The molecule has 0 unspecified atom stereocenters. The van der Waals surface area contributed by atoms with Crippen molar-refractivity contribution in [2.75, 3.05) is 9.80 Å². The predicted octanol–water partition coefficient (Wildman–Crippen LogP) is 22.8. The Morgan fingerprint density at radius 3 is 1.03 bits per heavy atom. The first kappa shape index (κ1) is 73.1. The Hall–Kier alpha value is -16.6. The Kier molecular flexibility index (Phi) is 18.9. The smallest absolute Gasteiger partial charge is 0.338 e. The van der Waals surface area contributed by atoms with Crippen molar-refractivity contribution in [1.82, 2.24) is 34.5 Å². The largest absolute Gasteiger partial charge is 0.457 e. The van der Waals surface area contributed by atoms with Gasteiger partial charge in [0.05, 0.1) is 39.5 Å². The average Bonchev–Trinajstić information content (AvgIpc) is 0.791. The van der Waals surface area contributed by atoms with Gasteiger partial charge in [0, 0.05) is 78.3 Å². The van der Waals surface area contributed by atoms with Crippen LogP contribution in [0.1, 0.15) is 37.4 Å². The summed E-state index contributed by atoms with van der Waals surface area (Å²) >= 11 is 0. The highest BCUT2D eigenvalue weighted by Crippen LogP contribution is 2.49. The Labute approximate surface area is 704 Å². The van der Waals surface area contributed by atoms with Crippen LogP contribution >= 0.6 is 0 Å². The zero-order valence-corrected chi connectivity index (χ0v) is 65.6. The first-order chi connectivity index (χ1) is 60.2. The number of rotatable bonds is 18. The van der Waals surface area contributed by atoms with E-state index in [9.17, 15) is 14.9 Å². The van der Waals surface area contributed by atoms with E-state index in [1.54, 1.807) is 0 Å². The van der Waals surface area contributed by atoms with Crippen LogP contribution in [0.2, 0.25) is 0 Å². The maximum atomic E-state index is 14.9. The molecule has 15 heteroatoms. The lowest BCUT2D eigenvalue weighted by molar-refractivity contribution is 0.0464. The molecule has 0 aliphatic carbocycles. The van der Waals surface area contributed by atoms with Gasteiger partial charge in [0.25, 0.3) is 6.71 Å². The van der Waals surface area contributed by atoms with Gasteiger partial charge in [-0.15, -0.1) is 0 Å². The van der Waals surface area contributed by atoms with E-state index < -0.39 is 18.7 Å². The number of fused-ring (bicyclic) bond motifs is 7. The van der Waals surface area contributed by atoms with Gasteiger partial charge in [-0.05, 0) is 170 Å². The second kappa shape index (κ2) is 31.5. The highest BCUT2D eigenvalue weighted by Gasteiger charge is 2.45. The van der Waals surface area contributed by atoms with Crippen LogP contribution in [0.4, 0.5) is 34.1 Å². The molecule has 0 N–H and O–H groups in total. The number of nitrogens with zero attached hydrogens (tertiary/aromatic N) is 10. The second-order valence-electron chi connectivity index (χ2n) is 30.2. The molecule has 0 saturated heterocycles. The number of carbonyl (C=O) groups excluding carboxylic acids is 2. The van der Waals surface area contributed by atoms with Crippen molar-refractivity contribution in [1.29, 1.82) is 5.26 Å². The molecule has 0 atom stereocenters. The molecule has 2 aliphatic rings. The lowest BCUT2D eigenvalue weighted by atomic mass is 9.33. The summed E-state index contributed by atoms with van der Waals surface area (Å²) in [6.07, 6.45) is 0. The van der Waals surface area contributed by atoms with Crippen LogP contribution in [0.25, 0.3) is 129 Å². The van der Waals surface area contributed by atoms with E-state index >= 15 is 0 Å². The van der Waals surface area contributed by atoms with Crippen molar-refractivity contribution in [3.05, 3.63) is 422 Å². The van der Waals surface area contributed by atoms with E-state index in [1.807, 2.05) is 249 Å². The molecule has 0 fully saturated rings. The van der Waals surface area contributed by atoms with E-state index in [0.717, 1.165) is 150 Å². The van der Waals surface area contributed by atoms with E-state index in [0.29, 0.717) is 57.2 Å². The third-order valence-electron chi connectivity index (χ3n) is 22.8. The fourth-order valence-electron chi connectivity index (χ4n) is 16.9. The minimum atomic E-state index is -0.597. The molecule has 0 bridgehead atoms. The van der Waals surface area contributed by atoms with Gasteiger partial charge in [0.15, 0.2) is 34.9 Å². The van der Waals surface area contributed by atoms with Crippen molar-refractivity contribution >= 4 is 91.0 Å². The van der Waals surface area contributed by atoms with Crippen LogP contribution < -0.4 is 26.2 Å². The lowest BCUT2D eigenvalue weighted by Gasteiger charge is -2.44. The summed E-state index contributed by atoms with van der Waals surface area (Å²) in [6, 6.07) is 135. The third kappa shape index (κ3) is 13.8. The van der Waals surface area contributed by atoms with Gasteiger partial charge in [-0.3, -0.25) is 0 Å². The molecule has 0 spiro atoms. The summed E-state index contributed by atoms with van der Waals surface area (Å²) in [4.78, 5) is 65.8. The average molecular weight is 1570 g/mol. The van der Waals surface area contributed by atoms with E-state index in [-0.39, 0.29) is 13.2 Å². The molecule has 3 aromatic heterocycles. The van der Waals surface area contributed by atoms with Gasteiger partial charge >= 0.3 is 11.9 Å². The predicted molar refractivity (Wildman–Crippen MR) is 486 cm³/mol. The Balaban J connectivity index is 0.820. The van der Waals surface area contributed by atoms with E-state index in [1.165, 1.54) is 0 Å². The number of benzene rings is 16. The maximum absolute atomic E-state index is 14.9. The molecule has 574 valence electrons. The van der Waals surface area contributed by atoms with Crippen LogP contribution in [0.5, 0.6) is 0 Å². The highest BCUT2D eigenvalue weighted by atomic mass is 16.5. The van der Waals surface area contributed by atoms with Crippen molar-refractivity contribution in [2.24, 2.45) is 0 Å². The molecule has 5 heterocycles. The minimum Gasteiger partial charge on any atom is -0.457 e. The summed E-state index contributed by atoms with van der Waals surface area (Å²) in [5.74, 6) is 1.90. The van der Waals surface area contributed by atoms with Gasteiger partial charge in [0.1, 0.15) is 13.2 Å². The van der Waals surface area contributed by atoms with Crippen LogP contribution in [0.15, 0.2) is 394 Å². The summed E-state index contributed by atoms with van der Waals surface area (Å²) in [7, 11) is 0. The number of aromatic nitrogens is 7. The molecule has 122 heavy (non-hydrogen) atoms. The SMILES string of the molecule is N#Cc1ccc(-n2c3ccc(-c4cc5c6c(c4)N(c4ccc(-c7ccccc7)cc4)c4ccc(C(=O)OCc7ccccc7)cc4B6c4cc(C(=O)OCc6ccccc6)ccc4N5c4ccc(-c5ccccc5)cc4)cc3c3cc(-c4nc(-c5ccccc5)nc(-c5ccccc5)n4)ccc32)c(-c2nc(-c3ccccc3)nc(-c3ccccc3)n2)c1. The number of hydrogen-bond donors (Lipinski definition) is 0. The second-order valence-corrected chi connectivity index (χ2v) is 30.2. The van der Waals surface area contributed by atoms with Crippen LogP contribution in [-0.2, 0) is 22.7 Å². The topological polar surface area (TPSA) is 165 Å². The maximum Gasteiger partial charge on any atom is 0.338 e. The molecule has 0 radical (unpaired) electrons. The molecule has 2 aliphatic heterocycles. The molecular weight excluding hydrogens is 1500 g/mol. The molecule has 16 aromatic carbocycles. The Morgan fingerprint density at radius 1 is 0.295 bits per heavy atom. The molecule has 19 aromatic rings. The van der Waals surface area contributed by atoms with Gasteiger partial charge in [-0.25, -0.2) is 39.5 Å². The fourth-order valence-corrected chi connectivity index (χ4v) is 16.9. The molecule has 21 rings (SSSR count). The van der Waals surface area contributed by atoms with E-state index in [4.69, 9.17) is 39.4 Å². The zero-order chi connectivity index (χ0) is 81.6. The van der Waals surface area contributed by atoms with Gasteiger partial charge in [-0.2, -0.15) is 5.26 Å². The Morgan fingerprint density at radius 2 is 0.631 bits per heavy atom. The van der Waals surface area contributed by atoms with Gasteiger partial charge in [0.2, 0.25) is 0 Å². The number of hydrogen-bond acceptors (Lipinski definition) is 13. The standard InChI is InChI=1S/C107H69BN10O4/c109-66-71-41-54-94(89(59-71)105-114-102(78-37-21-7-22-38-78)111-103(115-105)79-39-23-8-24-40-79)118-92-55-46-80(60-87(92)88-61-81(47-56-93(88)118)104-112-100(76-33-17-5-18-34-76)110-101(113-104)77-35-19-6-20-36-77)84-64-97-99-98(65-84)117(86-52-44-75(45-53-86)73-31-15-4-16-32-73)96-58-49-83(107(120)122-68-70-27-11-2-12-28-70)63-91(96)108(99)90-62-82(106(119)121-67-69-25-9-1-10-26-69)48-57-95(90)116(97)85-50-42-74(43-51-85)72-29-13-3-14-30-72/h1-65H,67-68H2. The number of anilines is 6. The monoisotopic (exact) mass is 1570 g/mol. The van der Waals surface area contributed by atoms with Crippen molar-refractivity contribution in [3.63, 3.8) is 0 Å². The van der Waals surface area contributed by atoms with Gasteiger partial charge in [-0.1, -0.05) is 285 Å². The van der Waals surface area contributed by atoms with E-state index in [2.05, 4.69) is 166 Å². The first-order valence-electron chi connectivity index (χ1n) is 40.4. The first-order valence-corrected chi connectivity index (χ1v) is 40.4. The van der Waals surface area contributed by atoms with Crippen molar-refractivity contribution in [3.8, 4) is 113 Å². The number of ether oxygens (including phenoxy) is 2. The summed E-state index contributed by atoms with van der Waals surface area (Å²) in [5.41, 5.74) is 23.6. The molecule has 0 saturated carbocycles. The third-order valence-corrected chi connectivity index (χ3v) is 22.8. The minimum absolute atomic E-state index is 0.0753. The fraction of sp³-hybridized carbons (Fsp3) is 0.0187. The molecule has 14 nitrogen and oxygen atoms in total. The lowest BCUT2D eigenvalue weighted by Crippen LogP contribution is -2.61. The zero-order valence-electron chi connectivity index (χ0n) is 65.6. The number of esters is 2. The number of carbonyl (C=O) groups is 2. The van der Waals surface area contributed by atoms with Crippen molar-refractivity contribution in [2.45, 2.75) is 13.2 Å². The molecular formula is C107H69BN10O4. The van der Waals surface area contributed by atoms with Crippen LogP contribution in [0.3, 0.4) is 0 Å². The van der Waals surface area contributed by atoms with Gasteiger partial charge < -0.3 is 23.8 Å². The Bertz CT molecular complexity index is 6960. The highest BCUT2D eigenvalue weighted by molar-refractivity contribution is 7.00. The summed E-state index contributed by atoms with van der Waals surface area (Å²) in [5, 5.41) is 12.7. The van der Waals surface area contributed by atoms with Crippen LogP contribution in [0, 0.1) is 11.3 Å². The number of nitriles is 1. The summed E-state index contributed by atoms with van der Waals surface area (Å²) < 4.78 is 14.6. The summed E-state index contributed by atoms with van der Waals surface area (Å²) in [6.45, 7) is -0.447. The molecule has 0 amide bonds. The van der Waals surface area contributed by atoms with Crippen LogP contribution in [-0.4, -0.2) is 53.1 Å². The quantitative estimate of drug-likeness (QED) is 0.0589. The normalized spacial score (nSPS) is 11.8.